The highest BCUT2D eigenvalue weighted by Crippen LogP contribution is 2.32. The van der Waals surface area contributed by atoms with E-state index in [0.717, 1.165) is 23.8 Å². The summed E-state index contributed by atoms with van der Waals surface area (Å²) in [4.78, 5) is 0. The molecule has 0 aromatic heterocycles. The molecule has 2 rings (SSSR count). The molecule has 2 nitrogen and oxygen atoms in total. The molecular formula is C15H29NOS. The van der Waals surface area contributed by atoms with Crippen LogP contribution in [0.4, 0.5) is 0 Å². The first kappa shape index (κ1) is 14.7. The molecule has 1 aliphatic heterocycles. The van der Waals surface area contributed by atoms with Gasteiger partial charge in [0, 0.05) is 17.9 Å². The fourth-order valence-electron chi connectivity index (χ4n) is 3.28. The first-order valence-corrected chi connectivity index (χ1v) is 8.82. The lowest BCUT2D eigenvalue weighted by Gasteiger charge is -2.21. The average molecular weight is 271 g/mol. The molecule has 0 aromatic rings. The molecule has 2 aliphatic rings. The fourth-order valence-corrected chi connectivity index (χ4v) is 4.64. The second-order valence-electron chi connectivity index (χ2n) is 5.81. The van der Waals surface area contributed by atoms with Crippen LogP contribution in [-0.2, 0) is 4.74 Å². The van der Waals surface area contributed by atoms with E-state index in [1.165, 1.54) is 50.8 Å². The van der Waals surface area contributed by atoms with Gasteiger partial charge in [0.2, 0.25) is 0 Å². The van der Waals surface area contributed by atoms with E-state index in [4.69, 9.17) is 4.74 Å². The number of hydrogen-bond acceptors (Lipinski definition) is 3. The van der Waals surface area contributed by atoms with Gasteiger partial charge in [-0.05, 0) is 57.2 Å². The Bertz CT molecular complexity index is 237. The minimum atomic E-state index is 0.479. The Labute approximate surface area is 117 Å². The minimum absolute atomic E-state index is 0.479. The summed E-state index contributed by atoms with van der Waals surface area (Å²) >= 11 is 2.15. The molecular weight excluding hydrogens is 242 g/mol. The molecule has 106 valence electrons. The predicted molar refractivity (Wildman–Crippen MR) is 80.3 cm³/mol. The second-order valence-corrected chi connectivity index (χ2v) is 7.16. The monoisotopic (exact) mass is 271 g/mol. The largest absolute Gasteiger partial charge is 0.377 e. The molecule has 0 spiro atoms. The summed E-state index contributed by atoms with van der Waals surface area (Å²) in [6.45, 7) is 6.66. The van der Waals surface area contributed by atoms with Crippen molar-refractivity contribution in [2.45, 2.75) is 69.8 Å². The van der Waals surface area contributed by atoms with Crippen molar-refractivity contribution in [3.8, 4) is 0 Å². The Balaban J connectivity index is 1.63. The van der Waals surface area contributed by atoms with Crippen LogP contribution in [-0.4, -0.2) is 36.3 Å². The van der Waals surface area contributed by atoms with Gasteiger partial charge in [0.05, 0.1) is 6.10 Å². The number of ether oxygens (including phenoxy) is 1. The van der Waals surface area contributed by atoms with Gasteiger partial charge < -0.3 is 10.1 Å². The summed E-state index contributed by atoms with van der Waals surface area (Å²) in [6, 6.07) is 0.808. The van der Waals surface area contributed by atoms with Gasteiger partial charge in [0.25, 0.3) is 0 Å². The molecule has 0 bridgehead atoms. The molecule has 1 aliphatic carbocycles. The van der Waals surface area contributed by atoms with Crippen LogP contribution in [0.3, 0.4) is 0 Å². The second kappa shape index (κ2) is 7.76. The van der Waals surface area contributed by atoms with Gasteiger partial charge in [-0.3, -0.25) is 0 Å². The first-order chi connectivity index (χ1) is 8.81. The summed E-state index contributed by atoms with van der Waals surface area (Å²) in [7, 11) is 0. The van der Waals surface area contributed by atoms with E-state index < -0.39 is 0 Å². The Morgan fingerprint density at radius 2 is 2.17 bits per heavy atom. The molecule has 1 saturated heterocycles. The van der Waals surface area contributed by atoms with Crippen molar-refractivity contribution in [2.24, 2.45) is 5.92 Å². The van der Waals surface area contributed by atoms with Gasteiger partial charge in [-0.2, -0.15) is 11.8 Å². The van der Waals surface area contributed by atoms with Crippen molar-refractivity contribution in [1.29, 1.82) is 0 Å². The average Bonchev–Trinajstić information content (AvgIpc) is 2.97. The molecule has 1 heterocycles. The minimum Gasteiger partial charge on any atom is -0.377 e. The molecule has 4 atom stereocenters. The zero-order valence-corrected chi connectivity index (χ0v) is 12.8. The van der Waals surface area contributed by atoms with E-state index in [9.17, 15) is 0 Å². The number of nitrogens with one attached hydrogen (secondary N) is 1. The number of rotatable bonds is 7. The summed E-state index contributed by atoms with van der Waals surface area (Å²) in [6.07, 6.45) is 8.67. The summed E-state index contributed by atoms with van der Waals surface area (Å²) < 4.78 is 5.63. The Morgan fingerprint density at radius 3 is 2.89 bits per heavy atom. The van der Waals surface area contributed by atoms with Crippen LogP contribution in [0.5, 0.6) is 0 Å². The first-order valence-electron chi connectivity index (χ1n) is 7.78. The summed E-state index contributed by atoms with van der Waals surface area (Å²) in [5, 5.41) is 4.49. The maximum absolute atomic E-state index is 5.63. The SMILES string of the molecule is CCCNC1CCCC1CCSC1CCOC1C. The van der Waals surface area contributed by atoms with Crippen LogP contribution in [0.15, 0.2) is 0 Å². The Kier molecular flexibility index (Phi) is 6.33. The highest BCUT2D eigenvalue weighted by molar-refractivity contribution is 7.99. The Hall–Kier alpha value is 0.270. The topological polar surface area (TPSA) is 21.3 Å². The lowest BCUT2D eigenvalue weighted by Crippen LogP contribution is -2.33. The van der Waals surface area contributed by atoms with Gasteiger partial charge in [0.15, 0.2) is 0 Å². The van der Waals surface area contributed by atoms with E-state index in [1.807, 2.05) is 0 Å². The third kappa shape index (κ3) is 4.14. The molecule has 18 heavy (non-hydrogen) atoms. The van der Waals surface area contributed by atoms with Crippen LogP contribution < -0.4 is 5.32 Å². The third-order valence-electron chi connectivity index (χ3n) is 4.44. The van der Waals surface area contributed by atoms with Crippen molar-refractivity contribution in [3.63, 3.8) is 0 Å². The molecule has 0 aromatic carbocycles. The molecule has 0 amide bonds. The molecule has 2 fully saturated rings. The van der Waals surface area contributed by atoms with Gasteiger partial charge >= 0.3 is 0 Å². The summed E-state index contributed by atoms with van der Waals surface area (Å²) in [5.41, 5.74) is 0. The smallest absolute Gasteiger partial charge is 0.0666 e. The normalized spacial score (nSPS) is 36.3. The third-order valence-corrected chi connectivity index (χ3v) is 5.96. The van der Waals surface area contributed by atoms with Crippen LogP contribution in [0.2, 0.25) is 0 Å². The number of hydrogen-bond donors (Lipinski definition) is 1. The zero-order valence-electron chi connectivity index (χ0n) is 12.0. The van der Waals surface area contributed by atoms with Gasteiger partial charge in [-0.15, -0.1) is 0 Å². The lowest BCUT2D eigenvalue weighted by atomic mass is 10.0. The summed E-state index contributed by atoms with van der Waals surface area (Å²) in [5.74, 6) is 2.26. The van der Waals surface area contributed by atoms with Crippen molar-refractivity contribution < 1.29 is 4.74 Å². The van der Waals surface area contributed by atoms with Crippen LogP contribution >= 0.6 is 11.8 Å². The highest BCUT2D eigenvalue weighted by Gasteiger charge is 2.28. The van der Waals surface area contributed by atoms with E-state index in [2.05, 4.69) is 30.9 Å². The maximum atomic E-state index is 5.63. The van der Waals surface area contributed by atoms with Gasteiger partial charge in [-0.25, -0.2) is 0 Å². The van der Waals surface area contributed by atoms with E-state index in [0.29, 0.717) is 6.10 Å². The van der Waals surface area contributed by atoms with Crippen molar-refractivity contribution in [2.75, 3.05) is 18.9 Å². The van der Waals surface area contributed by atoms with Crippen LogP contribution in [0, 0.1) is 5.92 Å². The van der Waals surface area contributed by atoms with Gasteiger partial charge in [-0.1, -0.05) is 13.3 Å². The molecule has 0 radical (unpaired) electrons. The predicted octanol–water partition coefficient (Wildman–Crippen LogP) is 3.46. The van der Waals surface area contributed by atoms with E-state index >= 15 is 0 Å². The highest BCUT2D eigenvalue weighted by atomic mass is 32.2. The maximum Gasteiger partial charge on any atom is 0.0666 e. The number of thioether (sulfide) groups is 1. The van der Waals surface area contributed by atoms with Gasteiger partial charge in [0.1, 0.15) is 0 Å². The Morgan fingerprint density at radius 1 is 1.28 bits per heavy atom. The van der Waals surface area contributed by atoms with Crippen molar-refractivity contribution >= 4 is 11.8 Å². The van der Waals surface area contributed by atoms with E-state index in [1.54, 1.807) is 0 Å². The standard InChI is InChI=1S/C15H29NOS/c1-3-9-16-14-6-4-5-13(14)8-11-18-15-7-10-17-12(15)2/h12-16H,3-11H2,1-2H3. The quantitative estimate of drug-likeness (QED) is 0.766. The van der Waals surface area contributed by atoms with E-state index in [-0.39, 0.29) is 0 Å². The fraction of sp³-hybridized carbons (Fsp3) is 1.00. The zero-order chi connectivity index (χ0) is 12.8. The van der Waals surface area contributed by atoms with Crippen LogP contribution in [0.25, 0.3) is 0 Å². The molecule has 1 saturated carbocycles. The lowest BCUT2D eigenvalue weighted by molar-refractivity contribution is 0.127. The van der Waals surface area contributed by atoms with Crippen LogP contribution in [0.1, 0.15) is 52.4 Å². The van der Waals surface area contributed by atoms with Crippen molar-refractivity contribution in [1.82, 2.24) is 5.32 Å². The molecule has 3 heteroatoms. The molecule has 4 unspecified atom stereocenters. The molecule has 1 N–H and O–H groups in total. The van der Waals surface area contributed by atoms with Crippen molar-refractivity contribution in [3.05, 3.63) is 0 Å².